The molecule has 1 aliphatic heterocycles. The molecule has 6 nitrogen and oxygen atoms in total. The van der Waals surface area contributed by atoms with Gasteiger partial charge < -0.3 is 9.30 Å². The number of pyridine rings is 1. The molecule has 3 rings (SSSR count). The van der Waals surface area contributed by atoms with Crippen LogP contribution in [0.1, 0.15) is 17.7 Å². The minimum Gasteiger partial charge on any atom is -0.489 e. The van der Waals surface area contributed by atoms with Gasteiger partial charge in [0.1, 0.15) is 11.9 Å². The molecule has 1 saturated heterocycles. The van der Waals surface area contributed by atoms with Crippen LogP contribution < -0.4 is 10.3 Å². The molecule has 1 unspecified atom stereocenters. The second-order valence-corrected chi connectivity index (χ2v) is 8.37. The predicted molar refractivity (Wildman–Crippen MR) is 95.4 cm³/mol. The molecule has 0 N–H and O–H groups in total. The molecule has 1 aliphatic rings. The van der Waals surface area contributed by atoms with Gasteiger partial charge in [-0.1, -0.05) is 17.7 Å². The molecule has 0 spiro atoms. The van der Waals surface area contributed by atoms with Gasteiger partial charge in [-0.05, 0) is 38.5 Å². The number of hydrogen-bond donors (Lipinski definition) is 0. The third-order valence-electron chi connectivity index (χ3n) is 4.55. The zero-order chi connectivity index (χ0) is 18.2. The lowest BCUT2D eigenvalue weighted by atomic mass is 10.2. The molecule has 1 aromatic carbocycles. The van der Waals surface area contributed by atoms with Crippen LogP contribution in [0.3, 0.4) is 0 Å². The molecule has 1 aromatic heterocycles. The molecule has 7 heteroatoms. The summed E-state index contributed by atoms with van der Waals surface area (Å²) in [6.45, 7) is 4.44. The fraction of sp³-hybridized carbons (Fsp3) is 0.389. The standard InChI is InChI=1S/C18H22N2O4S/c1-13-4-6-17(7-5-13)25(22,23)20-9-8-15(12-20)24-16-10-14(2)19(3)18(21)11-16/h4-7,10-11,15H,8-9,12H2,1-3H3. The molecular formula is C18H22N2O4S. The van der Waals surface area contributed by atoms with E-state index in [1.807, 2.05) is 13.8 Å². The SMILES string of the molecule is Cc1ccc(S(=O)(=O)N2CCC(Oc3cc(C)n(C)c(=O)c3)C2)cc1. The van der Waals surface area contributed by atoms with Gasteiger partial charge in [-0.2, -0.15) is 4.31 Å². The molecule has 25 heavy (non-hydrogen) atoms. The van der Waals surface area contributed by atoms with Gasteiger partial charge in [0.25, 0.3) is 5.56 Å². The summed E-state index contributed by atoms with van der Waals surface area (Å²) < 4.78 is 34.3. The van der Waals surface area contributed by atoms with Crippen molar-refractivity contribution in [2.24, 2.45) is 7.05 Å². The van der Waals surface area contributed by atoms with E-state index in [0.29, 0.717) is 23.6 Å². The molecule has 0 aliphatic carbocycles. The molecule has 1 atom stereocenters. The lowest BCUT2D eigenvalue weighted by Crippen LogP contribution is -2.31. The van der Waals surface area contributed by atoms with Crippen LogP contribution in [0, 0.1) is 13.8 Å². The largest absolute Gasteiger partial charge is 0.489 e. The van der Waals surface area contributed by atoms with Crippen molar-refractivity contribution in [1.82, 2.24) is 8.87 Å². The zero-order valence-corrected chi connectivity index (χ0v) is 15.4. The molecule has 1 fully saturated rings. The monoisotopic (exact) mass is 362 g/mol. The molecule has 2 heterocycles. The van der Waals surface area contributed by atoms with Gasteiger partial charge in [0.2, 0.25) is 10.0 Å². The summed E-state index contributed by atoms with van der Waals surface area (Å²) in [6, 6.07) is 10.1. The van der Waals surface area contributed by atoms with E-state index in [2.05, 4.69) is 0 Å². The Balaban J connectivity index is 1.73. The topological polar surface area (TPSA) is 68.6 Å². The van der Waals surface area contributed by atoms with E-state index in [0.717, 1.165) is 11.3 Å². The average molecular weight is 362 g/mol. The highest BCUT2D eigenvalue weighted by Crippen LogP contribution is 2.24. The maximum absolute atomic E-state index is 12.7. The second kappa shape index (κ2) is 6.65. The zero-order valence-electron chi connectivity index (χ0n) is 14.6. The number of benzene rings is 1. The lowest BCUT2D eigenvalue weighted by Gasteiger charge is -2.18. The number of nitrogens with zero attached hydrogens (tertiary/aromatic N) is 2. The fourth-order valence-electron chi connectivity index (χ4n) is 2.87. The Morgan fingerprint density at radius 2 is 1.80 bits per heavy atom. The summed E-state index contributed by atoms with van der Waals surface area (Å²) in [6.07, 6.45) is 0.339. The Hall–Kier alpha value is -2.12. The maximum Gasteiger partial charge on any atom is 0.254 e. The van der Waals surface area contributed by atoms with Crippen LogP contribution in [-0.2, 0) is 17.1 Å². The maximum atomic E-state index is 12.7. The van der Waals surface area contributed by atoms with Gasteiger partial charge in [-0.25, -0.2) is 8.42 Å². The van der Waals surface area contributed by atoms with Gasteiger partial charge in [-0.15, -0.1) is 0 Å². The van der Waals surface area contributed by atoms with E-state index in [1.54, 1.807) is 37.4 Å². The molecule has 134 valence electrons. The summed E-state index contributed by atoms with van der Waals surface area (Å²) in [5.74, 6) is 0.486. The van der Waals surface area contributed by atoms with Crippen molar-refractivity contribution in [3.63, 3.8) is 0 Å². The van der Waals surface area contributed by atoms with Gasteiger partial charge in [-0.3, -0.25) is 4.79 Å². The number of aryl methyl sites for hydroxylation is 2. The number of ether oxygens (including phenoxy) is 1. The highest BCUT2D eigenvalue weighted by Gasteiger charge is 2.33. The Bertz CT molecular complexity index is 933. The van der Waals surface area contributed by atoms with Crippen LogP contribution in [0.5, 0.6) is 5.75 Å². The van der Waals surface area contributed by atoms with Crippen molar-refractivity contribution in [2.75, 3.05) is 13.1 Å². The first-order chi connectivity index (χ1) is 11.8. The average Bonchev–Trinajstić information content (AvgIpc) is 3.02. The number of rotatable bonds is 4. The minimum absolute atomic E-state index is 0.142. The predicted octanol–water partition coefficient (Wildman–Crippen LogP) is 1.84. The van der Waals surface area contributed by atoms with E-state index >= 15 is 0 Å². The van der Waals surface area contributed by atoms with Crippen LogP contribution in [-0.4, -0.2) is 36.5 Å². The van der Waals surface area contributed by atoms with Crippen LogP contribution >= 0.6 is 0 Å². The van der Waals surface area contributed by atoms with Crippen LogP contribution in [0.2, 0.25) is 0 Å². The van der Waals surface area contributed by atoms with Gasteiger partial charge in [0.15, 0.2) is 0 Å². The highest BCUT2D eigenvalue weighted by molar-refractivity contribution is 7.89. The van der Waals surface area contributed by atoms with Crippen molar-refractivity contribution in [3.8, 4) is 5.75 Å². The summed E-state index contributed by atoms with van der Waals surface area (Å²) >= 11 is 0. The molecule has 2 aromatic rings. The molecular weight excluding hydrogens is 340 g/mol. The highest BCUT2D eigenvalue weighted by atomic mass is 32.2. The van der Waals surface area contributed by atoms with Crippen molar-refractivity contribution >= 4 is 10.0 Å². The van der Waals surface area contributed by atoms with E-state index in [4.69, 9.17) is 4.74 Å². The first kappa shape index (κ1) is 17.7. The second-order valence-electron chi connectivity index (χ2n) is 6.43. The van der Waals surface area contributed by atoms with Crippen molar-refractivity contribution in [2.45, 2.75) is 31.3 Å². The van der Waals surface area contributed by atoms with E-state index in [9.17, 15) is 13.2 Å². The van der Waals surface area contributed by atoms with Gasteiger partial charge in [0.05, 0.1) is 11.4 Å². The summed E-state index contributed by atoms with van der Waals surface area (Å²) in [7, 11) is -1.81. The Morgan fingerprint density at radius 3 is 2.44 bits per heavy atom. The lowest BCUT2D eigenvalue weighted by molar-refractivity contribution is 0.214. The Kier molecular flexibility index (Phi) is 4.71. The Labute approximate surface area is 147 Å². The minimum atomic E-state index is -3.52. The van der Waals surface area contributed by atoms with Gasteiger partial charge in [0, 0.05) is 25.4 Å². The van der Waals surface area contributed by atoms with Crippen molar-refractivity contribution < 1.29 is 13.2 Å². The smallest absolute Gasteiger partial charge is 0.254 e. The Morgan fingerprint density at radius 1 is 1.12 bits per heavy atom. The third-order valence-corrected chi connectivity index (χ3v) is 6.43. The fourth-order valence-corrected chi connectivity index (χ4v) is 4.36. The molecule has 0 amide bonds. The van der Waals surface area contributed by atoms with Crippen LogP contribution in [0.15, 0.2) is 46.1 Å². The van der Waals surface area contributed by atoms with Crippen molar-refractivity contribution in [3.05, 3.63) is 58.0 Å². The quantitative estimate of drug-likeness (QED) is 0.832. The number of sulfonamides is 1. The normalized spacial score (nSPS) is 18.4. The summed E-state index contributed by atoms with van der Waals surface area (Å²) in [5, 5.41) is 0. The van der Waals surface area contributed by atoms with E-state index in [-0.39, 0.29) is 18.2 Å². The first-order valence-corrected chi connectivity index (χ1v) is 9.62. The van der Waals surface area contributed by atoms with Gasteiger partial charge >= 0.3 is 0 Å². The summed E-state index contributed by atoms with van der Waals surface area (Å²) in [4.78, 5) is 12.1. The van der Waals surface area contributed by atoms with E-state index < -0.39 is 10.0 Å². The number of hydrogen-bond acceptors (Lipinski definition) is 4. The van der Waals surface area contributed by atoms with Crippen LogP contribution in [0.4, 0.5) is 0 Å². The molecule has 0 saturated carbocycles. The molecule has 0 radical (unpaired) electrons. The molecule has 0 bridgehead atoms. The van der Waals surface area contributed by atoms with E-state index in [1.165, 1.54) is 14.9 Å². The number of aromatic nitrogens is 1. The van der Waals surface area contributed by atoms with Crippen LogP contribution in [0.25, 0.3) is 0 Å². The first-order valence-electron chi connectivity index (χ1n) is 8.18. The summed E-state index contributed by atoms with van der Waals surface area (Å²) in [5.41, 5.74) is 1.67. The third kappa shape index (κ3) is 3.62. The van der Waals surface area contributed by atoms with Crippen molar-refractivity contribution in [1.29, 1.82) is 0 Å².